The molecule has 24 heavy (non-hydrogen) atoms. The van der Waals surface area contributed by atoms with Gasteiger partial charge in [0.25, 0.3) is 0 Å². The molecule has 1 aromatic carbocycles. The van der Waals surface area contributed by atoms with Gasteiger partial charge >= 0.3 is 5.97 Å². The highest BCUT2D eigenvalue weighted by molar-refractivity contribution is 6.42. The van der Waals surface area contributed by atoms with E-state index in [2.05, 4.69) is 0 Å². The lowest BCUT2D eigenvalue weighted by Crippen LogP contribution is -2.29. The van der Waals surface area contributed by atoms with Crippen LogP contribution in [0.15, 0.2) is 18.2 Å². The molecule has 0 unspecified atom stereocenters. The molecule has 2 atom stereocenters. The van der Waals surface area contributed by atoms with Crippen molar-refractivity contribution in [2.75, 3.05) is 13.1 Å². The van der Waals surface area contributed by atoms with Crippen molar-refractivity contribution in [3.8, 4) is 0 Å². The summed E-state index contributed by atoms with van der Waals surface area (Å²) in [6, 6.07) is 5.51. The predicted molar refractivity (Wildman–Crippen MR) is 93.3 cm³/mol. The van der Waals surface area contributed by atoms with Crippen LogP contribution < -0.4 is 0 Å². The molecule has 2 aliphatic rings. The van der Waals surface area contributed by atoms with E-state index in [0.717, 1.165) is 31.2 Å². The Bertz CT molecular complexity index is 645. The van der Waals surface area contributed by atoms with E-state index >= 15 is 0 Å². The molecule has 1 amide bonds. The zero-order chi connectivity index (χ0) is 17.3. The molecule has 1 saturated heterocycles. The normalized spacial score (nSPS) is 23.5. The van der Waals surface area contributed by atoms with Crippen LogP contribution in [-0.2, 0) is 16.0 Å². The van der Waals surface area contributed by atoms with Crippen LogP contribution >= 0.6 is 23.2 Å². The lowest BCUT2D eigenvalue weighted by molar-refractivity contribution is -0.142. The number of nitrogens with zero attached hydrogens (tertiary/aromatic N) is 1. The van der Waals surface area contributed by atoms with Gasteiger partial charge in [-0.05, 0) is 55.2 Å². The number of hydrogen-bond acceptors (Lipinski definition) is 2. The Hall–Kier alpha value is -1.26. The molecule has 2 fully saturated rings. The van der Waals surface area contributed by atoms with Gasteiger partial charge in [-0.1, -0.05) is 29.3 Å². The number of rotatable bonds is 6. The second-order valence-electron chi connectivity index (χ2n) is 6.85. The largest absolute Gasteiger partial charge is 0.481 e. The molecule has 4 nitrogen and oxygen atoms in total. The van der Waals surface area contributed by atoms with Crippen LogP contribution in [0.5, 0.6) is 0 Å². The number of carbonyl (C=O) groups excluding carboxylic acids is 1. The maximum atomic E-state index is 12.4. The standard InChI is InChI=1S/C18H21Cl2NO3/c19-15-7-4-11(8-16(15)20)2-1-3-17(22)21-9-13(12-5-6-12)14(10-21)18(23)24/h4,7-8,12-14H,1-3,5-6,9-10H2,(H,23,24)/t13-,14+/m1/s1. The molecule has 0 bridgehead atoms. The molecule has 0 spiro atoms. The van der Waals surface area contributed by atoms with Crippen LogP contribution in [0.1, 0.15) is 31.2 Å². The Balaban J connectivity index is 1.50. The minimum Gasteiger partial charge on any atom is -0.481 e. The predicted octanol–water partition coefficient (Wildman–Crippen LogP) is 3.89. The monoisotopic (exact) mass is 369 g/mol. The highest BCUT2D eigenvalue weighted by Crippen LogP contribution is 2.44. The van der Waals surface area contributed by atoms with Gasteiger partial charge in [-0.2, -0.15) is 0 Å². The van der Waals surface area contributed by atoms with Gasteiger partial charge in [0.1, 0.15) is 0 Å². The third kappa shape index (κ3) is 4.04. The van der Waals surface area contributed by atoms with Gasteiger partial charge in [0.15, 0.2) is 0 Å². The molecule has 1 aliphatic heterocycles. The summed E-state index contributed by atoms with van der Waals surface area (Å²) in [5.74, 6) is -0.458. The van der Waals surface area contributed by atoms with E-state index in [1.54, 1.807) is 11.0 Å². The maximum absolute atomic E-state index is 12.4. The van der Waals surface area contributed by atoms with Gasteiger partial charge in [-0.15, -0.1) is 0 Å². The first kappa shape index (κ1) is 17.6. The fraction of sp³-hybridized carbons (Fsp3) is 0.556. The van der Waals surface area contributed by atoms with Crippen molar-refractivity contribution in [1.82, 2.24) is 4.90 Å². The summed E-state index contributed by atoms with van der Waals surface area (Å²) in [4.78, 5) is 25.6. The fourth-order valence-electron chi connectivity index (χ4n) is 3.59. The number of benzene rings is 1. The second-order valence-corrected chi connectivity index (χ2v) is 7.66. The van der Waals surface area contributed by atoms with E-state index in [4.69, 9.17) is 23.2 Å². The molecule has 1 heterocycles. The lowest BCUT2D eigenvalue weighted by Gasteiger charge is -2.16. The highest BCUT2D eigenvalue weighted by atomic mass is 35.5. The summed E-state index contributed by atoms with van der Waals surface area (Å²) in [6.45, 7) is 0.968. The highest BCUT2D eigenvalue weighted by Gasteiger charge is 2.46. The molecule has 1 aliphatic carbocycles. The van der Waals surface area contributed by atoms with Gasteiger partial charge in [0.05, 0.1) is 16.0 Å². The van der Waals surface area contributed by atoms with Gasteiger partial charge < -0.3 is 10.0 Å². The van der Waals surface area contributed by atoms with Crippen LogP contribution in [0.2, 0.25) is 10.0 Å². The number of amides is 1. The van der Waals surface area contributed by atoms with Crippen molar-refractivity contribution in [3.05, 3.63) is 33.8 Å². The van der Waals surface area contributed by atoms with Gasteiger partial charge in [-0.25, -0.2) is 0 Å². The number of aryl methyl sites for hydroxylation is 1. The Labute approximate surface area is 151 Å². The average molecular weight is 370 g/mol. The first-order valence-corrected chi connectivity index (χ1v) is 9.16. The molecule has 3 rings (SSSR count). The lowest BCUT2D eigenvalue weighted by atomic mass is 9.92. The Morgan fingerprint density at radius 3 is 2.54 bits per heavy atom. The van der Waals surface area contributed by atoms with Gasteiger partial charge in [0, 0.05) is 19.5 Å². The number of carboxylic acids is 1. The van der Waals surface area contributed by atoms with Crippen molar-refractivity contribution in [2.24, 2.45) is 17.8 Å². The third-order valence-electron chi connectivity index (χ3n) is 5.10. The van der Waals surface area contributed by atoms with Gasteiger partial charge in [-0.3, -0.25) is 9.59 Å². The number of carboxylic acid groups (broad SMARTS) is 1. The molecule has 1 aromatic rings. The molecule has 1 N–H and O–H groups in total. The van der Waals surface area contributed by atoms with E-state index in [1.807, 2.05) is 12.1 Å². The number of hydrogen-bond donors (Lipinski definition) is 1. The smallest absolute Gasteiger partial charge is 0.308 e. The number of likely N-dealkylation sites (tertiary alicyclic amines) is 1. The molecule has 0 radical (unpaired) electrons. The molecular weight excluding hydrogens is 349 g/mol. The SMILES string of the molecule is O=C(O)[C@H]1CN(C(=O)CCCc2ccc(Cl)c(Cl)c2)C[C@@H]1C1CC1. The van der Waals surface area contributed by atoms with Crippen LogP contribution in [0.3, 0.4) is 0 Å². The Kier molecular flexibility index (Phi) is 5.36. The van der Waals surface area contributed by atoms with E-state index in [-0.39, 0.29) is 11.8 Å². The summed E-state index contributed by atoms with van der Waals surface area (Å²) in [7, 11) is 0. The molecule has 0 aromatic heterocycles. The number of carbonyl (C=O) groups is 2. The summed E-state index contributed by atoms with van der Waals surface area (Å²) in [5, 5.41) is 10.4. The second kappa shape index (κ2) is 7.32. The van der Waals surface area contributed by atoms with Crippen LogP contribution in [-0.4, -0.2) is 35.0 Å². The Morgan fingerprint density at radius 1 is 1.17 bits per heavy atom. The maximum Gasteiger partial charge on any atom is 0.308 e. The van der Waals surface area contributed by atoms with E-state index in [9.17, 15) is 14.7 Å². The molecule has 130 valence electrons. The fourth-order valence-corrected chi connectivity index (χ4v) is 3.91. The first-order chi connectivity index (χ1) is 11.5. The van der Waals surface area contributed by atoms with Gasteiger partial charge in [0.2, 0.25) is 5.91 Å². The van der Waals surface area contributed by atoms with Crippen LogP contribution in [0, 0.1) is 17.8 Å². The summed E-state index contributed by atoms with van der Waals surface area (Å²) in [6.07, 6.45) is 4.12. The zero-order valence-corrected chi connectivity index (χ0v) is 14.9. The van der Waals surface area contributed by atoms with Crippen molar-refractivity contribution in [2.45, 2.75) is 32.1 Å². The number of aliphatic carboxylic acids is 1. The minimum atomic E-state index is -0.766. The van der Waals surface area contributed by atoms with E-state index in [0.29, 0.717) is 35.5 Å². The molecular formula is C18H21Cl2NO3. The van der Waals surface area contributed by atoms with Crippen LogP contribution in [0.25, 0.3) is 0 Å². The average Bonchev–Trinajstić information content (AvgIpc) is 3.28. The van der Waals surface area contributed by atoms with Crippen molar-refractivity contribution in [1.29, 1.82) is 0 Å². The number of halogens is 2. The quantitative estimate of drug-likeness (QED) is 0.827. The summed E-state index contributed by atoms with van der Waals surface area (Å²) in [5.41, 5.74) is 1.05. The van der Waals surface area contributed by atoms with Crippen molar-refractivity contribution >= 4 is 35.1 Å². The Morgan fingerprint density at radius 2 is 1.92 bits per heavy atom. The van der Waals surface area contributed by atoms with Crippen molar-refractivity contribution < 1.29 is 14.7 Å². The van der Waals surface area contributed by atoms with E-state index in [1.165, 1.54) is 0 Å². The van der Waals surface area contributed by atoms with Crippen molar-refractivity contribution in [3.63, 3.8) is 0 Å². The molecule has 1 saturated carbocycles. The zero-order valence-electron chi connectivity index (χ0n) is 13.4. The third-order valence-corrected chi connectivity index (χ3v) is 5.84. The topological polar surface area (TPSA) is 57.6 Å². The minimum absolute atomic E-state index is 0.0597. The summed E-state index contributed by atoms with van der Waals surface area (Å²) < 4.78 is 0. The van der Waals surface area contributed by atoms with Crippen LogP contribution in [0.4, 0.5) is 0 Å². The van der Waals surface area contributed by atoms with E-state index < -0.39 is 11.9 Å². The first-order valence-electron chi connectivity index (χ1n) is 8.40. The molecule has 6 heteroatoms. The summed E-state index contributed by atoms with van der Waals surface area (Å²) >= 11 is 11.9.